The molecule has 0 N–H and O–H groups in total. The summed E-state index contributed by atoms with van der Waals surface area (Å²) in [4.78, 5) is 25.0. The molecule has 9 atom stereocenters. The Morgan fingerprint density at radius 2 is 1.86 bits per heavy atom. The van der Waals surface area contributed by atoms with E-state index in [4.69, 9.17) is 9.47 Å². The summed E-state index contributed by atoms with van der Waals surface area (Å²) in [6.45, 7) is 2.29. The van der Waals surface area contributed by atoms with Crippen LogP contribution in [-0.2, 0) is 19.1 Å². The molecule has 0 amide bonds. The van der Waals surface area contributed by atoms with Crippen molar-refractivity contribution in [2.75, 3.05) is 6.61 Å². The number of ether oxygens (including phenoxy) is 2. The molecule has 0 spiro atoms. The van der Waals surface area contributed by atoms with E-state index in [1.54, 1.807) is 0 Å². The van der Waals surface area contributed by atoms with Gasteiger partial charge in [0.15, 0.2) is 0 Å². The first-order valence-electron chi connectivity index (χ1n) is 10.1. The van der Waals surface area contributed by atoms with E-state index < -0.39 is 0 Å². The summed E-state index contributed by atoms with van der Waals surface area (Å²) in [6.07, 6.45) is 11.9. The molecule has 0 aromatic rings. The molecule has 138 valence electrons. The Labute approximate surface area is 264 Å². The summed E-state index contributed by atoms with van der Waals surface area (Å²) in [7, 11) is 0. The molecule has 0 aromatic heterocycles. The van der Waals surface area contributed by atoms with Crippen LogP contribution in [0.15, 0.2) is 24.3 Å². The van der Waals surface area contributed by atoms with Gasteiger partial charge in [-0.15, -0.1) is 6.42 Å². The smallest absolute Gasteiger partial charge is 0.489 e. The van der Waals surface area contributed by atoms with Crippen LogP contribution in [0.1, 0.15) is 26.2 Å². The van der Waals surface area contributed by atoms with Gasteiger partial charge >= 0.3 is 122 Å². The Morgan fingerprint density at radius 3 is 2.61 bits per heavy atom. The first kappa shape index (κ1) is 23.1. The average Bonchev–Trinajstić information content (AvgIpc) is 3.40. The number of allylic oxidation sites excluding steroid dienone is 3. The maximum absolute atomic E-state index is 12.9. The normalized spacial score (nSPS) is 46.2. The van der Waals surface area contributed by atoms with Gasteiger partial charge in [-0.25, -0.2) is 6.92 Å². The summed E-state index contributed by atoms with van der Waals surface area (Å²) >= 11 is 0. The van der Waals surface area contributed by atoms with E-state index in [9.17, 15) is 9.59 Å². The first-order valence-corrected chi connectivity index (χ1v) is 10.1. The second-order valence-electron chi connectivity index (χ2n) is 9.08. The fourth-order valence-corrected chi connectivity index (χ4v) is 7.20. The number of carbonyl (C=O) groups is 2. The fraction of sp³-hybridized carbons (Fsp3) is 0.636. The van der Waals surface area contributed by atoms with Crippen molar-refractivity contribution >= 4 is 11.9 Å². The van der Waals surface area contributed by atoms with E-state index in [1.807, 2.05) is 6.08 Å². The van der Waals surface area contributed by atoms with Gasteiger partial charge in [0.2, 0.25) is 0 Å². The first-order chi connectivity index (χ1) is 12.6. The van der Waals surface area contributed by atoms with Gasteiger partial charge in [-0.05, 0) is 30.8 Å². The quantitative estimate of drug-likeness (QED) is 0.171. The van der Waals surface area contributed by atoms with E-state index in [0.29, 0.717) is 23.7 Å². The third kappa shape index (κ3) is 3.33. The minimum atomic E-state index is -0.309. The van der Waals surface area contributed by atoms with Crippen molar-refractivity contribution in [3.05, 3.63) is 36.1 Å². The van der Waals surface area contributed by atoms with E-state index in [-0.39, 0.29) is 153 Å². The molecule has 1 saturated heterocycles. The topological polar surface area (TPSA) is 52.6 Å². The number of carbonyl (C=O) groups excluding carboxylic acids is 2. The van der Waals surface area contributed by atoms with Gasteiger partial charge in [0.1, 0.15) is 18.7 Å². The van der Waals surface area contributed by atoms with Crippen LogP contribution in [0.3, 0.4) is 0 Å². The third-order valence-corrected chi connectivity index (χ3v) is 8.21. The molecule has 28 heavy (non-hydrogen) atoms. The van der Waals surface area contributed by atoms with Crippen LogP contribution >= 0.6 is 0 Å². The van der Waals surface area contributed by atoms with Gasteiger partial charge in [-0.3, -0.25) is 9.59 Å². The molecule has 4 fully saturated rings. The van der Waals surface area contributed by atoms with Crippen LogP contribution in [0.4, 0.5) is 0 Å². The molecule has 9 unspecified atom stereocenters. The predicted molar refractivity (Wildman–Crippen MR) is 93.1 cm³/mol. The molecule has 4 nitrogen and oxygen atoms in total. The van der Waals surface area contributed by atoms with Crippen LogP contribution in [0.2, 0.25) is 0 Å². The zero-order chi connectivity index (χ0) is 17.6. The van der Waals surface area contributed by atoms with Crippen molar-refractivity contribution in [2.24, 2.45) is 47.3 Å². The van der Waals surface area contributed by atoms with Crippen molar-refractivity contribution < 1.29 is 135 Å². The number of hydrogen-bond donors (Lipinski definition) is 0. The monoisotopic (exact) mass is 522 g/mol. The largest absolute Gasteiger partial charge is 1.00 e. The maximum atomic E-state index is 12.9. The maximum Gasteiger partial charge on any atom is 1.00 e. The molecule has 1 heterocycles. The van der Waals surface area contributed by atoms with Crippen molar-refractivity contribution in [3.63, 3.8) is 0 Å². The van der Waals surface area contributed by atoms with E-state index in [2.05, 4.69) is 25.2 Å². The van der Waals surface area contributed by atoms with Gasteiger partial charge in [0.25, 0.3) is 0 Å². The Balaban J connectivity index is 0.000000961. The van der Waals surface area contributed by atoms with Crippen LogP contribution in [0.25, 0.3) is 0 Å². The summed E-state index contributed by atoms with van der Waals surface area (Å²) in [6, 6.07) is 0. The Kier molecular flexibility index (Phi) is 7.15. The number of rotatable bonds is 3. The van der Waals surface area contributed by atoms with E-state index >= 15 is 0 Å². The molecule has 4 bridgehead atoms. The fourth-order valence-electron chi connectivity index (χ4n) is 7.20. The Morgan fingerprint density at radius 1 is 1.14 bits per heavy atom. The molecule has 0 aromatic carbocycles. The standard InChI is InChI=1S/C22H24O4.2Rb/c1-10-14-8-15(20-12-6-5-11(7-12)19(14)20)18(10)22(24)25-9-16-13-3-2-4-17(13)26-21(16)23;;/h2,4-6,11-17,19-20H,3,7-9H2,1H3;;/q-2;2*+1. The molecule has 6 aliphatic rings. The molecule has 6 heteroatoms. The summed E-state index contributed by atoms with van der Waals surface area (Å²) in [5.74, 6) is 5.35. The van der Waals surface area contributed by atoms with Crippen LogP contribution in [-0.4, -0.2) is 24.6 Å². The molecule has 1 aliphatic heterocycles. The van der Waals surface area contributed by atoms with Crippen molar-refractivity contribution in [1.82, 2.24) is 0 Å². The SMILES string of the molecule is C[C-]1[C-](C(=O)OCC2C(=O)OC3C=CCC32)C2CC1C1C3C=CC(C3)C21.[Rb+].[Rb+]. The van der Waals surface area contributed by atoms with E-state index in [1.165, 1.54) is 12.3 Å². The molecule has 5 aliphatic carbocycles. The Bertz CT molecular complexity index is 734. The van der Waals surface area contributed by atoms with Gasteiger partial charge < -0.3 is 21.3 Å². The van der Waals surface area contributed by atoms with Crippen molar-refractivity contribution in [3.8, 4) is 0 Å². The van der Waals surface area contributed by atoms with Gasteiger partial charge in [0.05, 0.1) is 5.92 Å². The summed E-state index contributed by atoms with van der Waals surface area (Å²) in [5, 5.41) is 0. The van der Waals surface area contributed by atoms with Crippen molar-refractivity contribution in [2.45, 2.75) is 32.3 Å². The van der Waals surface area contributed by atoms with Gasteiger partial charge in [-0.1, -0.05) is 30.1 Å². The third-order valence-electron chi connectivity index (χ3n) is 8.21. The second-order valence-corrected chi connectivity index (χ2v) is 9.08. The van der Waals surface area contributed by atoms with Gasteiger partial charge in [0, 0.05) is 5.92 Å². The molecular formula is C22H24O4Rb2. The minimum Gasteiger partial charge on any atom is -0.489 e. The van der Waals surface area contributed by atoms with Gasteiger partial charge in [-0.2, -0.15) is 11.8 Å². The average molecular weight is 523 g/mol. The predicted octanol–water partition coefficient (Wildman–Crippen LogP) is -3.09. The van der Waals surface area contributed by atoms with Crippen LogP contribution in [0.5, 0.6) is 0 Å². The molecule has 6 rings (SSSR count). The summed E-state index contributed by atoms with van der Waals surface area (Å²) in [5.41, 5.74) is 0. The zero-order valence-electron chi connectivity index (χ0n) is 17.0. The van der Waals surface area contributed by atoms with Crippen LogP contribution < -0.4 is 116 Å². The van der Waals surface area contributed by atoms with E-state index in [0.717, 1.165) is 30.6 Å². The van der Waals surface area contributed by atoms with Crippen molar-refractivity contribution in [1.29, 1.82) is 0 Å². The molecule has 3 saturated carbocycles. The Hall–Kier alpha value is 1.90. The number of hydrogen-bond acceptors (Lipinski definition) is 4. The molecular weight excluding hydrogens is 499 g/mol. The minimum absolute atomic E-state index is 0. The second kappa shape index (κ2) is 8.68. The molecule has 0 radical (unpaired) electrons. The van der Waals surface area contributed by atoms with Crippen LogP contribution in [0, 0.1) is 59.2 Å². The number of fused-ring (bicyclic) bond motifs is 10. The summed E-state index contributed by atoms with van der Waals surface area (Å²) < 4.78 is 11.1. The zero-order valence-corrected chi connectivity index (χ0v) is 26.8. The number of esters is 2.